The van der Waals surface area contributed by atoms with Crippen molar-refractivity contribution in [2.75, 3.05) is 34.4 Å². The lowest BCUT2D eigenvalue weighted by molar-refractivity contribution is -0.159. The summed E-state index contributed by atoms with van der Waals surface area (Å²) in [5.41, 5.74) is 1.22. The van der Waals surface area contributed by atoms with E-state index in [0.717, 1.165) is 24.8 Å². The predicted molar refractivity (Wildman–Crippen MR) is 115 cm³/mol. The minimum atomic E-state index is -0.495. The largest absolute Gasteiger partial charge is 0.493 e. The van der Waals surface area contributed by atoms with E-state index in [4.69, 9.17) is 14.2 Å². The van der Waals surface area contributed by atoms with Gasteiger partial charge in [0.05, 0.1) is 33.2 Å². The van der Waals surface area contributed by atoms with Gasteiger partial charge in [-0.05, 0) is 30.9 Å². The zero-order chi connectivity index (χ0) is 22.0. The van der Waals surface area contributed by atoms with Crippen LogP contribution in [0.25, 0.3) is 0 Å². The second-order valence-electron chi connectivity index (χ2n) is 7.92. The zero-order valence-electron chi connectivity index (χ0n) is 18.2. The van der Waals surface area contributed by atoms with Crippen molar-refractivity contribution in [3.05, 3.63) is 53.6 Å². The molecule has 7 nitrogen and oxygen atoms in total. The second-order valence-corrected chi connectivity index (χ2v) is 7.92. The molecule has 0 N–H and O–H groups in total. The maximum Gasteiger partial charge on any atom is 0.251 e. The van der Waals surface area contributed by atoms with Crippen molar-refractivity contribution in [1.29, 1.82) is 0 Å². The highest BCUT2D eigenvalue weighted by Crippen LogP contribution is 2.50. The molecule has 2 aromatic carbocycles. The number of hydrazine groups is 1. The highest BCUT2D eigenvalue weighted by molar-refractivity contribution is 5.93. The Balaban J connectivity index is 1.55. The molecule has 2 aromatic rings. The van der Waals surface area contributed by atoms with Crippen LogP contribution in [0.1, 0.15) is 30.4 Å². The van der Waals surface area contributed by atoms with Gasteiger partial charge in [0.2, 0.25) is 11.7 Å². The van der Waals surface area contributed by atoms with E-state index in [1.165, 1.54) is 14.2 Å². The zero-order valence-corrected chi connectivity index (χ0v) is 18.2. The van der Waals surface area contributed by atoms with Gasteiger partial charge in [0.25, 0.3) is 5.91 Å². The lowest BCUT2D eigenvalue weighted by atomic mass is 9.95. The van der Waals surface area contributed by atoms with Crippen molar-refractivity contribution < 1.29 is 23.8 Å². The topological polar surface area (TPSA) is 68.3 Å². The first-order chi connectivity index (χ1) is 15.1. The van der Waals surface area contributed by atoms with E-state index in [0.29, 0.717) is 35.9 Å². The van der Waals surface area contributed by atoms with E-state index in [1.54, 1.807) is 29.3 Å². The molecular weight excluding hydrogens is 396 g/mol. The number of carbonyl (C=O) groups excluding carboxylic acids is 2. The fraction of sp³-hybridized carbons (Fsp3) is 0.417. The Morgan fingerprint density at radius 3 is 2.16 bits per heavy atom. The molecule has 4 rings (SSSR count). The van der Waals surface area contributed by atoms with Crippen LogP contribution in [0.15, 0.2) is 42.5 Å². The summed E-state index contributed by atoms with van der Waals surface area (Å²) in [6.45, 7) is 1.09. The molecule has 0 spiro atoms. The van der Waals surface area contributed by atoms with Crippen LogP contribution in [0.4, 0.5) is 0 Å². The Hall–Kier alpha value is -3.22. The number of methoxy groups -OCH3 is 3. The molecule has 0 radical (unpaired) electrons. The van der Waals surface area contributed by atoms with Gasteiger partial charge in [0.1, 0.15) is 0 Å². The number of ether oxygens (including phenoxy) is 3. The molecule has 2 amide bonds. The molecule has 1 aliphatic heterocycles. The van der Waals surface area contributed by atoms with Gasteiger partial charge in [-0.25, -0.2) is 0 Å². The van der Waals surface area contributed by atoms with Crippen molar-refractivity contribution in [3.63, 3.8) is 0 Å². The van der Waals surface area contributed by atoms with Gasteiger partial charge in [-0.3, -0.25) is 19.6 Å². The van der Waals surface area contributed by atoms with Crippen LogP contribution in [0.3, 0.4) is 0 Å². The van der Waals surface area contributed by atoms with Crippen LogP contribution in [0.2, 0.25) is 0 Å². The van der Waals surface area contributed by atoms with Crippen molar-refractivity contribution in [1.82, 2.24) is 10.0 Å². The fourth-order valence-corrected chi connectivity index (χ4v) is 4.39. The van der Waals surface area contributed by atoms with Crippen LogP contribution >= 0.6 is 0 Å². The number of carbonyl (C=O) groups is 2. The van der Waals surface area contributed by atoms with Gasteiger partial charge < -0.3 is 14.2 Å². The minimum absolute atomic E-state index is 0.0174. The average molecular weight is 424 g/mol. The standard InChI is InChI=1S/C24H28N2O5/c1-29-19-11-10-17(21(30-2)22(19)31-3)16-20(27)25-14-7-15-26(25)23(28)24(12-13-24)18-8-5-4-6-9-18/h4-6,8-11H,7,12-16H2,1-3H3. The van der Waals surface area contributed by atoms with Crippen LogP contribution in [0, 0.1) is 0 Å². The van der Waals surface area contributed by atoms with E-state index in [2.05, 4.69) is 0 Å². The summed E-state index contributed by atoms with van der Waals surface area (Å²) in [4.78, 5) is 26.7. The smallest absolute Gasteiger partial charge is 0.251 e. The Labute approximate surface area is 182 Å². The number of hydrogen-bond donors (Lipinski definition) is 0. The highest BCUT2D eigenvalue weighted by Gasteiger charge is 2.54. The monoisotopic (exact) mass is 424 g/mol. The lowest BCUT2D eigenvalue weighted by Gasteiger charge is -2.31. The third-order valence-electron chi connectivity index (χ3n) is 6.17. The molecular formula is C24H28N2O5. The molecule has 1 aliphatic carbocycles. The Morgan fingerprint density at radius 1 is 0.871 bits per heavy atom. The van der Waals surface area contributed by atoms with Crippen LogP contribution in [-0.4, -0.2) is 56.3 Å². The molecule has 2 fully saturated rings. The number of benzene rings is 2. The molecule has 7 heteroatoms. The maximum absolute atomic E-state index is 13.5. The number of rotatable bonds is 7. The summed E-state index contributed by atoms with van der Waals surface area (Å²) in [5.74, 6) is 1.33. The normalized spacial score (nSPS) is 16.7. The van der Waals surface area contributed by atoms with E-state index in [9.17, 15) is 9.59 Å². The van der Waals surface area contributed by atoms with Crippen molar-refractivity contribution in [2.24, 2.45) is 0 Å². The van der Waals surface area contributed by atoms with Crippen LogP contribution in [-0.2, 0) is 21.4 Å². The number of nitrogens with zero attached hydrogens (tertiary/aromatic N) is 2. The fourth-order valence-electron chi connectivity index (χ4n) is 4.39. The Bertz CT molecular complexity index is 971. The average Bonchev–Trinajstić information content (AvgIpc) is 3.47. The predicted octanol–water partition coefficient (Wildman–Crippen LogP) is 2.96. The second kappa shape index (κ2) is 8.49. The van der Waals surface area contributed by atoms with Gasteiger partial charge in [0.15, 0.2) is 11.5 Å². The third kappa shape index (κ3) is 3.69. The molecule has 2 aliphatic rings. The third-order valence-corrected chi connectivity index (χ3v) is 6.17. The molecule has 1 heterocycles. The van der Waals surface area contributed by atoms with Gasteiger partial charge in [-0.1, -0.05) is 36.4 Å². The number of amides is 2. The molecule has 0 aromatic heterocycles. The van der Waals surface area contributed by atoms with E-state index >= 15 is 0 Å². The summed E-state index contributed by atoms with van der Waals surface area (Å²) >= 11 is 0. The summed E-state index contributed by atoms with van der Waals surface area (Å²) in [6, 6.07) is 13.4. The maximum atomic E-state index is 13.5. The summed E-state index contributed by atoms with van der Waals surface area (Å²) in [7, 11) is 4.62. The Kier molecular flexibility index (Phi) is 5.76. The van der Waals surface area contributed by atoms with E-state index in [-0.39, 0.29) is 18.2 Å². The van der Waals surface area contributed by atoms with Crippen molar-refractivity contribution in [2.45, 2.75) is 31.1 Å². The summed E-state index contributed by atoms with van der Waals surface area (Å²) in [6.07, 6.45) is 2.51. The molecule has 0 unspecified atom stereocenters. The van der Waals surface area contributed by atoms with Gasteiger partial charge in [-0.2, -0.15) is 0 Å². The summed E-state index contributed by atoms with van der Waals surface area (Å²) < 4.78 is 16.3. The molecule has 164 valence electrons. The van der Waals surface area contributed by atoms with Gasteiger partial charge in [-0.15, -0.1) is 0 Å². The highest BCUT2D eigenvalue weighted by atomic mass is 16.5. The molecule has 0 bridgehead atoms. The van der Waals surface area contributed by atoms with E-state index < -0.39 is 5.41 Å². The molecule has 1 saturated carbocycles. The van der Waals surface area contributed by atoms with Crippen molar-refractivity contribution in [3.8, 4) is 17.2 Å². The van der Waals surface area contributed by atoms with Crippen LogP contribution < -0.4 is 14.2 Å². The Morgan fingerprint density at radius 2 is 1.55 bits per heavy atom. The molecule has 1 saturated heterocycles. The lowest BCUT2D eigenvalue weighted by Crippen LogP contribution is -2.49. The first-order valence-electron chi connectivity index (χ1n) is 10.5. The van der Waals surface area contributed by atoms with Gasteiger partial charge in [0, 0.05) is 18.7 Å². The summed E-state index contributed by atoms with van der Waals surface area (Å²) in [5, 5.41) is 3.25. The SMILES string of the molecule is COc1ccc(CC(=O)N2CCCN2C(=O)C2(c3ccccc3)CC2)c(OC)c1OC. The van der Waals surface area contributed by atoms with Crippen molar-refractivity contribution >= 4 is 11.8 Å². The minimum Gasteiger partial charge on any atom is -0.493 e. The molecule has 0 atom stereocenters. The quantitative estimate of drug-likeness (QED) is 0.684. The van der Waals surface area contributed by atoms with Crippen LogP contribution in [0.5, 0.6) is 17.2 Å². The van der Waals surface area contributed by atoms with Gasteiger partial charge >= 0.3 is 0 Å². The first kappa shape index (κ1) is 21.0. The first-order valence-corrected chi connectivity index (χ1v) is 10.5. The molecule has 31 heavy (non-hydrogen) atoms. The number of hydrogen-bond acceptors (Lipinski definition) is 5. The van der Waals surface area contributed by atoms with E-state index in [1.807, 2.05) is 30.3 Å².